The highest BCUT2D eigenvalue weighted by molar-refractivity contribution is 5.66. The van der Waals surface area contributed by atoms with Gasteiger partial charge in [0.25, 0.3) is 0 Å². The fourth-order valence-electron chi connectivity index (χ4n) is 1.66. The average molecular weight is 282 g/mol. The molecular formula is C18H34O2. The molecule has 2 nitrogen and oxygen atoms in total. The molecule has 0 amide bonds. The lowest BCUT2D eigenvalue weighted by Gasteiger charge is -2.21. The topological polar surface area (TPSA) is 26.3 Å². The zero-order valence-corrected chi connectivity index (χ0v) is 14.4. The lowest BCUT2D eigenvalue weighted by atomic mass is 9.86. The Morgan fingerprint density at radius 2 is 1.75 bits per heavy atom. The van der Waals surface area contributed by atoms with Crippen LogP contribution in [-0.4, -0.2) is 12.6 Å². The van der Waals surface area contributed by atoms with Crippen molar-refractivity contribution in [3.8, 4) is 0 Å². The van der Waals surface area contributed by atoms with Crippen molar-refractivity contribution < 1.29 is 9.53 Å². The highest BCUT2D eigenvalue weighted by Gasteiger charge is 2.15. The minimum Gasteiger partial charge on any atom is -0.461 e. The van der Waals surface area contributed by atoms with Crippen molar-refractivity contribution >= 4 is 5.97 Å². The van der Waals surface area contributed by atoms with E-state index in [1.165, 1.54) is 18.1 Å². The average Bonchev–Trinajstić information content (AvgIpc) is 2.51. The van der Waals surface area contributed by atoms with Crippen LogP contribution in [0.15, 0.2) is 37.0 Å². The van der Waals surface area contributed by atoms with Crippen molar-refractivity contribution in [2.24, 2.45) is 5.92 Å². The van der Waals surface area contributed by atoms with Crippen molar-refractivity contribution in [3.63, 3.8) is 0 Å². The number of hydrogen-bond acceptors (Lipinski definition) is 2. The molecule has 1 aliphatic carbocycles. The van der Waals surface area contributed by atoms with Crippen molar-refractivity contribution in [3.05, 3.63) is 37.0 Å². The molecule has 0 aromatic carbocycles. The number of rotatable bonds is 3. The molecule has 118 valence electrons. The molecule has 0 saturated heterocycles. The second kappa shape index (κ2) is 17.7. The monoisotopic (exact) mass is 282 g/mol. The van der Waals surface area contributed by atoms with E-state index in [9.17, 15) is 4.79 Å². The Morgan fingerprint density at radius 3 is 2.05 bits per heavy atom. The molecule has 0 heterocycles. The summed E-state index contributed by atoms with van der Waals surface area (Å²) in [5, 5.41) is 0. The van der Waals surface area contributed by atoms with Crippen LogP contribution in [0.3, 0.4) is 0 Å². The van der Waals surface area contributed by atoms with Gasteiger partial charge in [-0.15, -0.1) is 13.2 Å². The molecule has 0 spiro atoms. The van der Waals surface area contributed by atoms with E-state index in [1.807, 2.05) is 27.7 Å². The van der Waals surface area contributed by atoms with Crippen LogP contribution in [0.4, 0.5) is 0 Å². The molecule has 2 heteroatoms. The maximum Gasteiger partial charge on any atom is 0.302 e. The van der Waals surface area contributed by atoms with Crippen LogP contribution in [0.2, 0.25) is 0 Å². The summed E-state index contributed by atoms with van der Waals surface area (Å²) in [6.07, 6.45) is 5.41. The SMILES string of the molecule is C=C.C=C(C)C1CC=C(COC(C)=O)CC1.CC.CC. The number of carbonyl (C=O) groups is 1. The fourth-order valence-corrected chi connectivity index (χ4v) is 1.66. The van der Waals surface area contributed by atoms with Crippen LogP contribution >= 0.6 is 0 Å². The summed E-state index contributed by atoms with van der Waals surface area (Å²) in [5.41, 5.74) is 2.51. The van der Waals surface area contributed by atoms with Crippen LogP contribution in [-0.2, 0) is 9.53 Å². The van der Waals surface area contributed by atoms with Gasteiger partial charge in [0.2, 0.25) is 0 Å². The molecule has 0 radical (unpaired) electrons. The molecule has 20 heavy (non-hydrogen) atoms. The molecule has 1 atom stereocenters. The molecule has 0 aliphatic heterocycles. The van der Waals surface area contributed by atoms with Crippen LogP contribution in [0.5, 0.6) is 0 Å². The molecular weight excluding hydrogens is 248 g/mol. The van der Waals surface area contributed by atoms with Crippen LogP contribution < -0.4 is 0 Å². The smallest absolute Gasteiger partial charge is 0.302 e. The zero-order chi connectivity index (χ0) is 16.6. The first kappa shape index (κ1) is 23.8. The van der Waals surface area contributed by atoms with Gasteiger partial charge >= 0.3 is 5.97 Å². The summed E-state index contributed by atoms with van der Waals surface area (Å²) in [4.78, 5) is 10.6. The molecule has 1 aliphatic rings. The van der Waals surface area contributed by atoms with E-state index in [4.69, 9.17) is 4.74 Å². The summed E-state index contributed by atoms with van der Waals surface area (Å²) in [6.45, 7) is 22.0. The molecule has 0 aromatic rings. The van der Waals surface area contributed by atoms with E-state index in [1.54, 1.807) is 0 Å². The second-order valence-electron chi connectivity index (χ2n) is 3.96. The van der Waals surface area contributed by atoms with Gasteiger partial charge in [-0.2, -0.15) is 0 Å². The van der Waals surface area contributed by atoms with Crippen LogP contribution in [0.1, 0.15) is 60.8 Å². The minimum absolute atomic E-state index is 0.201. The zero-order valence-electron chi connectivity index (χ0n) is 14.4. The summed E-state index contributed by atoms with van der Waals surface area (Å²) in [6, 6.07) is 0. The van der Waals surface area contributed by atoms with E-state index < -0.39 is 0 Å². The Morgan fingerprint density at radius 1 is 1.25 bits per heavy atom. The molecule has 0 bridgehead atoms. The van der Waals surface area contributed by atoms with Crippen molar-refractivity contribution in [1.29, 1.82) is 0 Å². The standard InChI is InChI=1S/C12H18O2.2C2H6.C2H4/c1-9(2)12-6-4-11(5-7-12)8-14-10(3)13;3*1-2/h4,12H,1,5-8H2,2-3H3;2*1-2H3;1-2H2. The van der Waals surface area contributed by atoms with E-state index in [0.717, 1.165) is 19.3 Å². The van der Waals surface area contributed by atoms with Gasteiger partial charge in [-0.1, -0.05) is 45.9 Å². The summed E-state index contributed by atoms with van der Waals surface area (Å²) in [5.74, 6) is 0.420. The largest absolute Gasteiger partial charge is 0.461 e. The number of allylic oxidation sites excluding steroid dienone is 2. The Bertz CT molecular complexity index is 277. The lowest BCUT2D eigenvalue weighted by Crippen LogP contribution is -2.11. The minimum atomic E-state index is -0.201. The van der Waals surface area contributed by atoms with Gasteiger partial charge in [-0.25, -0.2) is 0 Å². The third-order valence-corrected chi connectivity index (χ3v) is 2.66. The molecule has 0 N–H and O–H groups in total. The Kier molecular flexibility index (Phi) is 21.0. The van der Waals surface area contributed by atoms with Crippen molar-refractivity contribution in [1.82, 2.24) is 0 Å². The highest BCUT2D eigenvalue weighted by Crippen LogP contribution is 2.28. The summed E-state index contributed by atoms with van der Waals surface area (Å²) < 4.78 is 4.95. The fraction of sp³-hybridized carbons (Fsp3) is 0.611. The van der Waals surface area contributed by atoms with Crippen molar-refractivity contribution in [2.75, 3.05) is 6.61 Å². The molecule has 1 rings (SSSR count). The molecule has 0 aromatic heterocycles. The van der Waals surface area contributed by atoms with Gasteiger partial charge in [0.05, 0.1) is 0 Å². The van der Waals surface area contributed by atoms with E-state index >= 15 is 0 Å². The third kappa shape index (κ3) is 13.1. The van der Waals surface area contributed by atoms with Gasteiger partial charge < -0.3 is 4.74 Å². The molecule has 1 unspecified atom stereocenters. The summed E-state index contributed by atoms with van der Waals surface area (Å²) in [7, 11) is 0. The van der Waals surface area contributed by atoms with Gasteiger partial charge in [0.15, 0.2) is 0 Å². The molecule has 0 saturated carbocycles. The van der Waals surface area contributed by atoms with Gasteiger partial charge in [-0.05, 0) is 37.7 Å². The van der Waals surface area contributed by atoms with E-state index in [2.05, 4.69) is 32.7 Å². The Hall–Kier alpha value is -1.31. The first-order valence-electron chi connectivity index (χ1n) is 7.56. The normalized spacial score (nSPS) is 15.7. The van der Waals surface area contributed by atoms with Crippen molar-refractivity contribution in [2.45, 2.75) is 60.8 Å². The van der Waals surface area contributed by atoms with Gasteiger partial charge in [0.1, 0.15) is 6.61 Å². The highest BCUT2D eigenvalue weighted by atomic mass is 16.5. The van der Waals surface area contributed by atoms with Gasteiger partial charge in [-0.3, -0.25) is 4.79 Å². The number of ether oxygens (including phenoxy) is 1. The number of carbonyl (C=O) groups excluding carboxylic acids is 1. The third-order valence-electron chi connectivity index (χ3n) is 2.66. The van der Waals surface area contributed by atoms with Gasteiger partial charge in [0, 0.05) is 6.92 Å². The molecule has 0 fully saturated rings. The summed E-state index contributed by atoms with van der Waals surface area (Å²) >= 11 is 0. The lowest BCUT2D eigenvalue weighted by molar-refractivity contribution is -0.140. The van der Waals surface area contributed by atoms with Crippen LogP contribution in [0.25, 0.3) is 0 Å². The maximum absolute atomic E-state index is 10.6. The predicted octanol–water partition coefficient (Wildman–Crippen LogP) is 5.71. The first-order chi connectivity index (χ1) is 9.59. The van der Waals surface area contributed by atoms with E-state index in [0.29, 0.717) is 12.5 Å². The maximum atomic E-state index is 10.6. The number of esters is 1. The first-order valence-corrected chi connectivity index (χ1v) is 7.56. The Labute approximate surface area is 126 Å². The second-order valence-corrected chi connectivity index (χ2v) is 3.96. The predicted molar refractivity (Wildman–Crippen MR) is 90.8 cm³/mol. The quantitative estimate of drug-likeness (QED) is 0.490. The van der Waals surface area contributed by atoms with Crippen LogP contribution in [0, 0.1) is 5.92 Å². The number of hydrogen-bond donors (Lipinski definition) is 0. The Balaban J connectivity index is -0.000000425. The van der Waals surface area contributed by atoms with E-state index in [-0.39, 0.29) is 5.97 Å².